The summed E-state index contributed by atoms with van der Waals surface area (Å²) in [5.74, 6) is -1.31. The number of aliphatic carboxylic acids is 1. The van der Waals surface area contributed by atoms with Crippen LogP contribution in [-0.2, 0) is 16.1 Å². The summed E-state index contributed by atoms with van der Waals surface area (Å²) in [6.45, 7) is 0.0410. The van der Waals surface area contributed by atoms with Crippen molar-refractivity contribution in [1.29, 1.82) is 0 Å². The van der Waals surface area contributed by atoms with E-state index in [-0.39, 0.29) is 17.8 Å². The molecule has 9 heteroatoms. The van der Waals surface area contributed by atoms with E-state index in [1.165, 1.54) is 25.3 Å². The van der Waals surface area contributed by atoms with Gasteiger partial charge >= 0.3 is 5.97 Å². The second-order valence-electron chi connectivity index (χ2n) is 4.94. The average molecular weight is 347 g/mol. The fourth-order valence-electron chi connectivity index (χ4n) is 1.91. The molecular formula is C16H17N3O6. The van der Waals surface area contributed by atoms with Crippen LogP contribution in [0.15, 0.2) is 41.2 Å². The lowest BCUT2D eigenvalue weighted by atomic mass is 10.3. The zero-order valence-electron chi connectivity index (χ0n) is 13.5. The number of hydrogen-bond donors (Lipinski definition) is 2. The molecule has 1 amide bonds. The Bertz CT molecular complexity index is 818. The van der Waals surface area contributed by atoms with Crippen LogP contribution in [0.5, 0.6) is 5.75 Å². The third-order valence-electron chi connectivity index (χ3n) is 3.06. The summed E-state index contributed by atoms with van der Waals surface area (Å²) in [5, 5.41) is 15.2. The number of benzene rings is 1. The topological polar surface area (TPSA) is 120 Å². The second-order valence-corrected chi connectivity index (χ2v) is 4.94. The Labute approximate surface area is 142 Å². The lowest BCUT2D eigenvalue weighted by molar-refractivity contribution is -0.139. The molecule has 9 nitrogen and oxygen atoms in total. The molecule has 2 N–H and O–H groups in total. The molecule has 0 aliphatic heterocycles. The van der Waals surface area contributed by atoms with Gasteiger partial charge in [-0.3, -0.25) is 9.59 Å². The molecular weight excluding hydrogens is 330 g/mol. The highest BCUT2D eigenvalue weighted by Crippen LogP contribution is 2.17. The molecule has 1 aromatic carbocycles. The summed E-state index contributed by atoms with van der Waals surface area (Å²) in [5.41, 5.74) is 0.134. The van der Waals surface area contributed by atoms with Crippen LogP contribution in [-0.4, -0.2) is 47.1 Å². The molecule has 0 aliphatic rings. The lowest BCUT2D eigenvalue weighted by Crippen LogP contribution is -2.27. The van der Waals surface area contributed by atoms with Gasteiger partial charge in [0.05, 0.1) is 13.2 Å². The summed E-state index contributed by atoms with van der Waals surface area (Å²) in [7, 11) is 1.50. The molecule has 2 aromatic rings. The number of amides is 1. The van der Waals surface area contributed by atoms with Crippen molar-refractivity contribution < 1.29 is 24.2 Å². The van der Waals surface area contributed by atoms with E-state index in [2.05, 4.69) is 10.4 Å². The Hall–Kier alpha value is -3.20. The molecule has 0 atom stereocenters. The number of carboxylic acids is 1. The number of carboxylic acid groups (broad SMARTS) is 1. The van der Waals surface area contributed by atoms with E-state index in [4.69, 9.17) is 14.6 Å². The Morgan fingerprint density at radius 3 is 2.80 bits per heavy atom. The Kier molecular flexibility index (Phi) is 6.24. The first-order chi connectivity index (χ1) is 12.0. The van der Waals surface area contributed by atoms with Gasteiger partial charge in [-0.1, -0.05) is 6.07 Å². The second kappa shape index (κ2) is 8.60. The molecule has 0 saturated carbocycles. The van der Waals surface area contributed by atoms with Gasteiger partial charge in [0.2, 0.25) is 0 Å². The molecule has 2 rings (SSSR count). The maximum Gasteiger partial charge on any atom is 0.341 e. The minimum Gasteiger partial charge on any atom is -0.482 e. The largest absolute Gasteiger partial charge is 0.482 e. The number of hydrogen-bond acceptors (Lipinski definition) is 6. The first-order valence-electron chi connectivity index (χ1n) is 7.32. The molecule has 1 aromatic heterocycles. The van der Waals surface area contributed by atoms with Gasteiger partial charge in [-0.15, -0.1) is 0 Å². The molecule has 0 bridgehead atoms. The van der Waals surface area contributed by atoms with Gasteiger partial charge < -0.3 is 19.9 Å². The summed E-state index contributed by atoms with van der Waals surface area (Å²) in [4.78, 5) is 34.5. The van der Waals surface area contributed by atoms with E-state index in [0.717, 1.165) is 4.68 Å². The van der Waals surface area contributed by atoms with Crippen molar-refractivity contribution in [3.05, 3.63) is 52.4 Å². The van der Waals surface area contributed by atoms with Gasteiger partial charge in [-0.05, 0) is 18.2 Å². The third-order valence-corrected chi connectivity index (χ3v) is 3.06. The van der Waals surface area contributed by atoms with E-state index in [1.807, 2.05) is 0 Å². The Balaban J connectivity index is 2.10. The summed E-state index contributed by atoms with van der Waals surface area (Å²) in [6.07, 6.45) is 0. The Morgan fingerprint density at radius 2 is 2.08 bits per heavy atom. The van der Waals surface area contributed by atoms with Crippen LogP contribution in [0.2, 0.25) is 0 Å². The van der Waals surface area contributed by atoms with Crippen LogP contribution < -0.4 is 15.6 Å². The molecule has 0 aliphatic carbocycles. The molecule has 1 heterocycles. The number of anilines is 1. The minimum absolute atomic E-state index is 0.0626. The highest BCUT2D eigenvalue weighted by molar-refractivity contribution is 6.02. The van der Waals surface area contributed by atoms with Gasteiger partial charge in [-0.2, -0.15) is 5.10 Å². The van der Waals surface area contributed by atoms with E-state index in [9.17, 15) is 14.4 Å². The van der Waals surface area contributed by atoms with E-state index in [0.29, 0.717) is 18.0 Å². The average Bonchev–Trinajstić information content (AvgIpc) is 2.59. The number of nitrogens with one attached hydrogen (secondary N) is 1. The maximum atomic E-state index is 12.3. The van der Waals surface area contributed by atoms with Gasteiger partial charge in [0, 0.05) is 24.9 Å². The van der Waals surface area contributed by atoms with Crippen molar-refractivity contribution in [1.82, 2.24) is 9.78 Å². The monoisotopic (exact) mass is 347 g/mol. The quantitative estimate of drug-likeness (QED) is 0.717. The highest BCUT2D eigenvalue weighted by atomic mass is 16.5. The number of carbonyl (C=O) groups is 2. The smallest absolute Gasteiger partial charge is 0.341 e. The van der Waals surface area contributed by atoms with Crippen LogP contribution in [0.25, 0.3) is 0 Å². The fourth-order valence-corrected chi connectivity index (χ4v) is 1.91. The van der Waals surface area contributed by atoms with Crippen LogP contribution >= 0.6 is 0 Å². The van der Waals surface area contributed by atoms with Crippen molar-refractivity contribution in [3.8, 4) is 5.75 Å². The number of methoxy groups -OCH3 is 1. The van der Waals surface area contributed by atoms with Gasteiger partial charge in [0.1, 0.15) is 11.4 Å². The molecule has 0 spiro atoms. The van der Waals surface area contributed by atoms with Crippen LogP contribution in [0.4, 0.5) is 5.69 Å². The molecule has 25 heavy (non-hydrogen) atoms. The zero-order chi connectivity index (χ0) is 18.2. The SMILES string of the molecule is COCCn1nc(C(=O)Nc2cccc(OCC(=O)O)c2)ccc1=O. The van der Waals surface area contributed by atoms with Gasteiger partial charge in [0.25, 0.3) is 11.5 Å². The van der Waals surface area contributed by atoms with Crippen LogP contribution in [0.1, 0.15) is 10.5 Å². The highest BCUT2D eigenvalue weighted by Gasteiger charge is 2.11. The predicted molar refractivity (Wildman–Crippen MR) is 87.9 cm³/mol. The zero-order valence-corrected chi connectivity index (χ0v) is 13.5. The summed E-state index contributed by atoms with van der Waals surface area (Å²) >= 11 is 0. The summed E-state index contributed by atoms with van der Waals surface area (Å²) in [6, 6.07) is 8.87. The molecule has 0 fully saturated rings. The molecule has 0 saturated heterocycles. The number of ether oxygens (including phenoxy) is 2. The van der Waals surface area contributed by atoms with Crippen molar-refractivity contribution in [2.45, 2.75) is 6.54 Å². The Morgan fingerprint density at radius 1 is 1.28 bits per heavy atom. The van der Waals surface area contributed by atoms with Crippen molar-refractivity contribution in [2.24, 2.45) is 0 Å². The maximum absolute atomic E-state index is 12.3. The van der Waals surface area contributed by atoms with E-state index >= 15 is 0 Å². The van der Waals surface area contributed by atoms with Crippen LogP contribution in [0.3, 0.4) is 0 Å². The fraction of sp³-hybridized carbons (Fsp3) is 0.250. The number of rotatable bonds is 8. The summed E-state index contributed by atoms with van der Waals surface area (Å²) < 4.78 is 11.1. The third kappa shape index (κ3) is 5.43. The lowest BCUT2D eigenvalue weighted by Gasteiger charge is -2.09. The number of nitrogens with zero attached hydrogens (tertiary/aromatic N) is 2. The standard InChI is InChI=1S/C16H17N3O6/c1-24-8-7-19-14(20)6-5-13(18-19)16(23)17-11-3-2-4-12(9-11)25-10-15(21)22/h2-6,9H,7-8,10H2,1H3,(H,17,23)(H,21,22). The normalized spacial score (nSPS) is 10.3. The first kappa shape index (κ1) is 18.1. The molecule has 0 radical (unpaired) electrons. The molecule has 132 valence electrons. The van der Waals surface area contributed by atoms with Crippen LogP contribution in [0, 0.1) is 0 Å². The predicted octanol–water partition coefficient (Wildman–Crippen LogP) is 0.605. The number of carbonyl (C=O) groups excluding carboxylic acids is 1. The molecule has 0 unspecified atom stereocenters. The first-order valence-corrected chi connectivity index (χ1v) is 7.32. The van der Waals surface area contributed by atoms with E-state index in [1.54, 1.807) is 18.2 Å². The van der Waals surface area contributed by atoms with Gasteiger partial charge in [0.15, 0.2) is 6.61 Å². The van der Waals surface area contributed by atoms with E-state index < -0.39 is 18.5 Å². The number of aromatic nitrogens is 2. The van der Waals surface area contributed by atoms with Crippen molar-refractivity contribution in [3.63, 3.8) is 0 Å². The minimum atomic E-state index is -1.10. The van der Waals surface area contributed by atoms with Gasteiger partial charge in [-0.25, -0.2) is 9.48 Å². The van der Waals surface area contributed by atoms with Crippen molar-refractivity contribution in [2.75, 3.05) is 25.6 Å². The van der Waals surface area contributed by atoms with Crippen molar-refractivity contribution >= 4 is 17.6 Å².